The zero-order valence-electron chi connectivity index (χ0n) is 13.1. The lowest BCUT2D eigenvalue weighted by atomic mass is 10.2. The molecule has 7 heteroatoms. The van der Waals surface area contributed by atoms with Gasteiger partial charge in [0.1, 0.15) is 11.5 Å². The summed E-state index contributed by atoms with van der Waals surface area (Å²) in [5, 5.41) is 0. The number of hydrogen-bond donors (Lipinski definition) is 0. The number of rotatable bonds is 6. The number of benzene rings is 2. The Bertz CT molecular complexity index is 644. The molecular weight excluding hydrogens is 432 g/mol. The molecular formula is C16H16Br2O5. The van der Waals surface area contributed by atoms with Gasteiger partial charge in [0.15, 0.2) is 23.0 Å². The highest BCUT2D eigenvalue weighted by Gasteiger charge is 2.15. The largest absolute Gasteiger partial charge is 0.493 e. The van der Waals surface area contributed by atoms with Gasteiger partial charge in [-0.2, -0.15) is 0 Å². The molecule has 0 radical (unpaired) electrons. The Kier molecular flexibility index (Phi) is 6.01. The van der Waals surface area contributed by atoms with Gasteiger partial charge in [-0.25, -0.2) is 0 Å². The molecule has 0 bridgehead atoms. The van der Waals surface area contributed by atoms with E-state index in [1.165, 1.54) is 0 Å². The predicted octanol–water partition coefficient (Wildman–Crippen LogP) is 5.04. The minimum absolute atomic E-state index is 0.572. The average Bonchev–Trinajstić information content (AvgIpc) is 2.57. The van der Waals surface area contributed by atoms with Gasteiger partial charge in [-0.1, -0.05) is 0 Å². The molecule has 0 N–H and O–H groups in total. The first-order chi connectivity index (χ1) is 11.0. The van der Waals surface area contributed by atoms with E-state index in [1.807, 2.05) is 0 Å². The van der Waals surface area contributed by atoms with Gasteiger partial charge in [-0.05, 0) is 31.9 Å². The second-order valence-electron chi connectivity index (χ2n) is 4.38. The van der Waals surface area contributed by atoms with Crippen LogP contribution in [0.1, 0.15) is 0 Å². The highest BCUT2D eigenvalue weighted by atomic mass is 79.9. The molecule has 2 aromatic rings. The summed E-state index contributed by atoms with van der Waals surface area (Å²) < 4.78 is 28.5. The van der Waals surface area contributed by atoms with Crippen molar-refractivity contribution in [3.8, 4) is 34.5 Å². The molecule has 124 valence electrons. The fourth-order valence-electron chi connectivity index (χ4n) is 1.95. The van der Waals surface area contributed by atoms with E-state index in [-0.39, 0.29) is 0 Å². The van der Waals surface area contributed by atoms with E-state index < -0.39 is 0 Å². The molecule has 0 aliphatic carbocycles. The molecule has 0 saturated carbocycles. The summed E-state index contributed by atoms with van der Waals surface area (Å²) in [7, 11) is 6.30. The summed E-state index contributed by atoms with van der Waals surface area (Å²) in [6.07, 6.45) is 0. The second-order valence-corrected chi connectivity index (χ2v) is 6.09. The average molecular weight is 448 g/mol. The Hall–Kier alpha value is -1.60. The molecule has 23 heavy (non-hydrogen) atoms. The zero-order chi connectivity index (χ0) is 17.0. The Morgan fingerprint density at radius 3 is 1.13 bits per heavy atom. The topological polar surface area (TPSA) is 46.2 Å². The van der Waals surface area contributed by atoms with Crippen LogP contribution in [0, 0.1) is 0 Å². The molecule has 2 aromatic carbocycles. The Morgan fingerprint density at radius 1 is 0.522 bits per heavy atom. The first-order valence-electron chi connectivity index (χ1n) is 6.55. The summed E-state index contributed by atoms with van der Waals surface area (Å²) in [5.41, 5.74) is 0. The molecule has 2 rings (SSSR count). The van der Waals surface area contributed by atoms with E-state index in [4.69, 9.17) is 23.7 Å². The maximum absolute atomic E-state index is 5.96. The number of methoxy groups -OCH3 is 4. The molecule has 0 aliphatic heterocycles. The van der Waals surface area contributed by atoms with Gasteiger partial charge in [0.25, 0.3) is 0 Å². The quantitative estimate of drug-likeness (QED) is 0.620. The predicted molar refractivity (Wildman–Crippen MR) is 94.6 cm³/mol. The van der Waals surface area contributed by atoms with Crippen molar-refractivity contribution in [3.05, 3.63) is 33.2 Å². The molecule has 0 heterocycles. The minimum Gasteiger partial charge on any atom is -0.493 e. The van der Waals surface area contributed by atoms with E-state index >= 15 is 0 Å². The van der Waals surface area contributed by atoms with Crippen LogP contribution in [0.4, 0.5) is 0 Å². The molecule has 0 amide bonds. The van der Waals surface area contributed by atoms with Crippen LogP contribution in [0.2, 0.25) is 0 Å². The number of halogens is 2. The van der Waals surface area contributed by atoms with Crippen LogP contribution in [0.25, 0.3) is 0 Å². The van der Waals surface area contributed by atoms with Gasteiger partial charge in [0.05, 0.1) is 37.4 Å². The third kappa shape index (κ3) is 3.84. The fraction of sp³-hybridized carbons (Fsp3) is 0.250. The van der Waals surface area contributed by atoms with Gasteiger partial charge in [0.2, 0.25) is 0 Å². The van der Waals surface area contributed by atoms with Crippen LogP contribution in [0.3, 0.4) is 0 Å². The SMILES string of the molecule is COc1cc(Br)c(Oc2cc(OC)c(OC)cc2Br)cc1OC. The summed E-state index contributed by atoms with van der Waals surface area (Å²) in [5.74, 6) is 3.52. The van der Waals surface area contributed by atoms with Crippen molar-refractivity contribution < 1.29 is 23.7 Å². The van der Waals surface area contributed by atoms with Crippen LogP contribution in [0.5, 0.6) is 34.5 Å². The van der Waals surface area contributed by atoms with E-state index in [0.29, 0.717) is 34.5 Å². The van der Waals surface area contributed by atoms with E-state index in [1.54, 1.807) is 52.7 Å². The zero-order valence-corrected chi connectivity index (χ0v) is 16.3. The van der Waals surface area contributed by atoms with Crippen LogP contribution in [-0.4, -0.2) is 28.4 Å². The molecule has 0 spiro atoms. The van der Waals surface area contributed by atoms with Crippen LogP contribution in [-0.2, 0) is 0 Å². The minimum atomic E-state index is 0.572. The van der Waals surface area contributed by atoms with Crippen molar-refractivity contribution >= 4 is 31.9 Å². The molecule has 0 aromatic heterocycles. The smallest absolute Gasteiger partial charge is 0.164 e. The highest BCUT2D eigenvalue weighted by molar-refractivity contribution is 9.11. The normalized spacial score (nSPS) is 10.2. The molecule has 0 atom stereocenters. The van der Waals surface area contributed by atoms with Gasteiger partial charge >= 0.3 is 0 Å². The standard InChI is InChI=1S/C16H16Br2O5/c1-19-13-5-9(17)11(7-15(13)21-3)23-12-8-16(22-4)14(20-2)6-10(12)18/h5-8H,1-4H3. The lowest BCUT2D eigenvalue weighted by Gasteiger charge is -2.15. The fourth-order valence-corrected chi connectivity index (χ4v) is 2.75. The lowest BCUT2D eigenvalue weighted by molar-refractivity contribution is 0.348. The molecule has 0 aliphatic rings. The summed E-state index contributed by atoms with van der Waals surface area (Å²) in [4.78, 5) is 0. The molecule has 0 unspecified atom stereocenters. The third-order valence-corrected chi connectivity index (χ3v) is 4.34. The number of ether oxygens (including phenoxy) is 5. The van der Waals surface area contributed by atoms with Crippen LogP contribution < -0.4 is 23.7 Å². The molecule has 0 saturated heterocycles. The Labute approximate surface area is 151 Å². The van der Waals surface area contributed by atoms with Crippen LogP contribution in [0.15, 0.2) is 33.2 Å². The van der Waals surface area contributed by atoms with E-state index in [2.05, 4.69) is 31.9 Å². The van der Waals surface area contributed by atoms with Gasteiger partial charge in [0, 0.05) is 24.3 Å². The van der Waals surface area contributed by atoms with E-state index in [0.717, 1.165) is 8.95 Å². The van der Waals surface area contributed by atoms with E-state index in [9.17, 15) is 0 Å². The molecule has 0 fully saturated rings. The van der Waals surface area contributed by atoms with Crippen molar-refractivity contribution in [1.82, 2.24) is 0 Å². The summed E-state index contributed by atoms with van der Waals surface area (Å²) in [6.45, 7) is 0. The van der Waals surface area contributed by atoms with Gasteiger partial charge < -0.3 is 23.7 Å². The summed E-state index contributed by atoms with van der Waals surface area (Å²) >= 11 is 6.93. The van der Waals surface area contributed by atoms with Crippen LogP contribution >= 0.6 is 31.9 Å². The first-order valence-corrected chi connectivity index (χ1v) is 8.13. The second kappa shape index (κ2) is 7.79. The summed E-state index contributed by atoms with van der Waals surface area (Å²) in [6, 6.07) is 7.05. The maximum Gasteiger partial charge on any atom is 0.164 e. The lowest BCUT2D eigenvalue weighted by Crippen LogP contribution is -1.95. The van der Waals surface area contributed by atoms with Crippen molar-refractivity contribution in [2.75, 3.05) is 28.4 Å². The number of hydrogen-bond acceptors (Lipinski definition) is 5. The monoisotopic (exact) mass is 446 g/mol. The van der Waals surface area contributed by atoms with Crippen molar-refractivity contribution in [2.24, 2.45) is 0 Å². The van der Waals surface area contributed by atoms with Crippen molar-refractivity contribution in [1.29, 1.82) is 0 Å². The van der Waals surface area contributed by atoms with Gasteiger partial charge in [-0.3, -0.25) is 0 Å². The Balaban J connectivity index is 2.43. The Morgan fingerprint density at radius 2 is 0.826 bits per heavy atom. The third-order valence-electron chi connectivity index (χ3n) is 3.10. The highest BCUT2D eigenvalue weighted by Crippen LogP contribution is 2.43. The van der Waals surface area contributed by atoms with Crippen molar-refractivity contribution in [2.45, 2.75) is 0 Å². The van der Waals surface area contributed by atoms with Gasteiger partial charge in [-0.15, -0.1) is 0 Å². The maximum atomic E-state index is 5.96. The molecule has 5 nitrogen and oxygen atoms in total. The van der Waals surface area contributed by atoms with Crippen molar-refractivity contribution in [3.63, 3.8) is 0 Å². The first kappa shape index (κ1) is 17.7.